The van der Waals surface area contributed by atoms with E-state index in [2.05, 4.69) is 26.2 Å². The van der Waals surface area contributed by atoms with E-state index >= 15 is 0 Å². The van der Waals surface area contributed by atoms with E-state index in [1.165, 1.54) is 6.20 Å². The lowest BCUT2D eigenvalue weighted by Gasteiger charge is -2.03. The number of hydrogen-bond donors (Lipinski definition) is 2. The molecule has 0 bridgehead atoms. The molecule has 0 aliphatic rings. The third-order valence-corrected chi connectivity index (χ3v) is 3.72. The predicted octanol–water partition coefficient (Wildman–Crippen LogP) is 2.67. The second-order valence-electron chi connectivity index (χ2n) is 3.43. The number of thiophene rings is 1. The summed E-state index contributed by atoms with van der Waals surface area (Å²) in [6, 6.07) is 5.31. The zero-order chi connectivity index (χ0) is 12.3. The number of nitrogen functional groups attached to an aromatic ring is 1. The third-order valence-electron chi connectivity index (χ3n) is 2.03. The zero-order valence-corrected chi connectivity index (χ0v) is 11.2. The average Bonchev–Trinajstić information content (AvgIpc) is 2.67. The number of carbonyl (C=O) groups excluding carboxylic acids is 1. The Balaban J connectivity index is 1.95. The molecule has 0 aliphatic heterocycles. The first kappa shape index (κ1) is 12.1. The molecule has 17 heavy (non-hydrogen) atoms. The number of carbonyl (C=O) groups is 1. The molecule has 6 heteroatoms. The Labute approximate surface area is 111 Å². The zero-order valence-electron chi connectivity index (χ0n) is 8.81. The van der Waals surface area contributed by atoms with Crippen LogP contribution >= 0.6 is 27.3 Å². The fraction of sp³-hybridized carbons (Fsp3) is 0.0909. The molecule has 2 aromatic rings. The normalized spacial score (nSPS) is 10.2. The first-order valence-electron chi connectivity index (χ1n) is 4.88. The van der Waals surface area contributed by atoms with Crippen molar-refractivity contribution in [1.82, 2.24) is 4.98 Å². The van der Waals surface area contributed by atoms with Gasteiger partial charge in [-0.25, -0.2) is 4.98 Å². The monoisotopic (exact) mass is 311 g/mol. The fourth-order valence-corrected chi connectivity index (χ4v) is 2.74. The van der Waals surface area contributed by atoms with Crippen LogP contribution in [0.2, 0.25) is 0 Å². The van der Waals surface area contributed by atoms with Crippen molar-refractivity contribution in [2.24, 2.45) is 0 Å². The van der Waals surface area contributed by atoms with E-state index in [1.807, 2.05) is 11.4 Å². The van der Waals surface area contributed by atoms with Crippen LogP contribution in [0, 0.1) is 0 Å². The molecule has 0 unspecified atom stereocenters. The molecule has 2 rings (SSSR count). The highest BCUT2D eigenvalue weighted by molar-refractivity contribution is 9.10. The Morgan fingerprint density at radius 3 is 2.94 bits per heavy atom. The van der Waals surface area contributed by atoms with Gasteiger partial charge in [0.05, 0.1) is 18.3 Å². The minimum absolute atomic E-state index is 0.0640. The van der Waals surface area contributed by atoms with Gasteiger partial charge in [-0.3, -0.25) is 4.79 Å². The van der Waals surface area contributed by atoms with E-state index in [4.69, 9.17) is 5.73 Å². The summed E-state index contributed by atoms with van der Waals surface area (Å²) in [6.07, 6.45) is 1.90. The van der Waals surface area contributed by atoms with Gasteiger partial charge >= 0.3 is 0 Å². The molecule has 4 nitrogen and oxygen atoms in total. The van der Waals surface area contributed by atoms with E-state index in [0.29, 0.717) is 17.9 Å². The molecule has 0 saturated carbocycles. The van der Waals surface area contributed by atoms with Crippen molar-refractivity contribution in [3.8, 4) is 0 Å². The van der Waals surface area contributed by atoms with Crippen LogP contribution in [-0.4, -0.2) is 10.9 Å². The van der Waals surface area contributed by atoms with Crippen LogP contribution in [0.5, 0.6) is 0 Å². The minimum Gasteiger partial charge on any atom is -0.384 e. The van der Waals surface area contributed by atoms with Gasteiger partial charge in [0.1, 0.15) is 5.82 Å². The van der Waals surface area contributed by atoms with Crippen molar-refractivity contribution in [2.45, 2.75) is 6.42 Å². The third kappa shape index (κ3) is 3.54. The summed E-state index contributed by atoms with van der Waals surface area (Å²) in [7, 11) is 0. The summed E-state index contributed by atoms with van der Waals surface area (Å²) in [4.78, 5) is 16.6. The number of nitrogens with one attached hydrogen (secondary N) is 1. The number of amides is 1. The van der Waals surface area contributed by atoms with E-state index in [0.717, 1.165) is 9.35 Å². The van der Waals surface area contributed by atoms with Crippen LogP contribution in [0.3, 0.4) is 0 Å². The highest BCUT2D eigenvalue weighted by Gasteiger charge is 2.06. The molecule has 0 radical (unpaired) electrons. The van der Waals surface area contributed by atoms with Crippen LogP contribution in [0.4, 0.5) is 11.5 Å². The average molecular weight is 312 g/mol. The van der Waals surface area contributed by atoms with E-state index in [9.17, 15) is 4.79 Å². The van der Waals surface area contributed by atoms with E-state index < -0.39 is 0 Å². The second kappa shape index (κ2) is 5.29. The smallest absolute Gasteiger partial charge is 0.229 e. The summed E-state index contributed by atoms with van der Waals surface area (Å²) in [5, 5.41) is 4.71. The van der Waals surface area contributed by atoms with Gasteiger partial charge in [0.2, 0.25) is 5.91 Å². The number of hydrogen-bond acceptors (Lipinski definition) is 4. The largest absolute Gasteiger partial charge is 0.384 e. The van der Waals surface area contributed by atoms with Crippen molar-refractivity contribution >= 4 is 44.7 Å². The Morgan fingerprint density at radius 2 is 2.35 bits per heavy atom. The maximum atomic E-state index is 11.7. The van der Waals surface area contributed by atoms with Crippen molar-refractivity contribution in [2.75, 3.05) is 11.1 Å². The molecule has 2 aromatic heterocycles. The summed E-state index contributed by atoms with van der Waals surface area (Å²) in [5.41, 5.74) is 6.11. The summed E-state index contributed by atoms with van der Waals surface area (Å²) < 4.78 is 0.999. The SMILES string of the molecule is Nc1ccc(NC(=O)Cc2cc(Br)cs2)cn1. The van der Waals surface area contributed by atoms with Gasteiger partial charge in [-0.1, -0.05) is 0 Å². The molecule has 0 spiro atoms. The lowest BCUT2D eigenvalue weighted by atomic mass is 10.3. The highest BCUT2D eigenvalue weighted by Crippen LogP contribution is 2.20. The van der Waals surface area contributed by atoms with Gasteiger partial charge in [0.25, 0.3) is 0 Å². The van der Waals surface area contributed by atoms with Gasteiger partial charge < -0.3 is 11.1 Å². The van der Waals surface area contributed by atoms with Crippen molar-refractivity contribution in [1.29, 1.82) is 0 Å². The number of nitrogens with two attached hydrogens (primary N) is 1. The van der Waals surface area contributed by atoms with Gasteiger partial charge in [0, 0.05) is 14.7 Å². The summed E-state index contributed by atoms with van der Waals surface area (Å²) >= 11 is 4.90. The van der Waals surface area contributed by atoms with Crippen LogP contribution < -0.4 is 11.1 Å². The maximum Gasteiger partial charge on any atom is 0.229 e. The second-order valence-corrected chi connectivity index (χ2v) is 5.34. The van der Waals surface area contributed by atoms with Crippen molar-refractivity contribution in [3.05, 3.63) is 39.1 Å². The summed E-state index contributed by atoms with van der Waals surface area (Å²) in [5.74, 6) is 0.371. The Hall–Kier alpha value is -1.40. The predicted molar refractivity (Wildman–Crippen MR) is 73.0 cm³/mol. The highest BCUT2D eigenvalue weighted by atomic mass is 79.9. The molecule has 2 heterocycles. The van der Waals surface area contributed by atoms with Crippen LogP contribution in [0.15, 0.2) is 34.2 Å². The topological polar surface area (TPSA) is 68.0 Å². The molecule has 3 N–H and O–H groups in total. The van der Waals surface area contributed by atoms with Crippen LogP contribution in [0.25, 0.3) is 0 Å². The molecule has 0 aromatic carbocycles. The molecule has 1 amide bonds. The molecular weight excluding hydrogens is 302 g/mol. The van der Waals surface area contributed by atoms with Gasteiger partial charge in [-0.2, -0.15) is 0 Å². The first-order chi connectivity index (χ1) is 8.13. The van der Waals surface area contributed by atoms with Crippen molar-refractivity contribution < 1.29 is 4.79 Å². The number of halogens is 1. The lowest BCUT2D eigenvalue weighted by Crippen LogP contribution is -2.13. The number of nitrogens with zero attached hydrogens (tertiary/aromatic N) is 1. The van der Waals surface area contributed by atoms with E-state index in [1.54, 1.807) is 23.5 Å². The molecule has 0 atom stereocenters. The quantitative estimate of drug-likeness (QED) is 0.915. The standard InChI is InChI=1S/C11H10BrN3OS/c12-7-3-9(17-6-7)4-11(16)15-8-1-2-10(13)14-5-8/h1-3,5-6H,4H2,(H2,13,14)(H,15,16). The fourth-order valence-electron chi connectivity index (χ4n) is 1.29. The number of anilines is 2. The van der Waals surface area contributed by atoms with Crippen LogP contribution in [-0.2, 0) is 11.2 Å². The lowest BCUT2D eigenvalue weighted by molar-refractivity contribution is -0.115. The maximum absolute atomic E-state index is 11.7. The Bertz CT molecular complexity index is 524. The molecule has 0 saturated heterocycles. The van der Waals surface area contributed by atoms with Crippen LogP contribution in [0.1, 0.15) is 4.88 Å². The number of aromatic nitrogens is 1. The minimum atomic E-state index is -0.0640. The van der Waals surface area contributed by atoms with Crippen molar-refractivity contribution in [3.63, 3.8) is 0 Å². The molecule has 0 fully saturated rings. The number of rotatable bonds is 3. The van der Waals surface area contributed by atoms with Gasteiger partial charge in [-0.15, -0.1) is 11.3 Å². The van der Waals surface area contributed by atoms with Gasteiger partial charge in [0.15, 0.2) is 0 Å². The van der Waals surface area contributed by atoms with E-state index in [-0.39, 0.29) is 5.91 Å². The van der Waals surface area contributed by atoms with Gasteiger partial charge in [-0.05, 0) is 34.1 Å². The Morgan fingerprint density at radius 1 is 1.53 bits per heavy atom. The number of pyridine rings is 1. The Kier molecular flexibility index (Phi) is 3.75. The molecular formula is C11H10BrN3OS. The first-order valence-corrected chi connectivity index (χ1v) is 6.55. The molecule has 88 valence electrons. The molecule has 0 aliphatic carbocycles. The summed E-state index contributed by atoms with van der Waals surface area (Å²) in [6.45, 7) is 0.